The maximum Gasteiger partial charge on any atom is 4.00 e. The molecule has 0 N–H and O–H groups in total. The average molecular weight is 213 g/mol. The van der Waals surface area contributed by atoms with Gasteiger partial charge in [-0.05, 0) is 0 Å². The van der Waals surface area contributed by atoms with Crippen molar-refractivity contribution in [3.8, 4) is 0 Å². The van der Waals surface area contributed by atoms with Crippen LogP contribution in [0.25, 0.3) is 0 Å². The molecule has 3 nitrogen and oxygen atoms in total. The van der Waals surface area contributed by atoms with Crippen LogP contribution in [0, 0.1) is 0 Å². The van der Waals surface area contributed by atoms with Gasteiger partial charge in [-0.25, -0.2) is 0 Å². The second-order valence-electron chi connectivity index (χ2n) is 0. The molecule has 24 valence electrons. The Labute approximate surface area is 97.7 Å². The molecule has 0 bridgehead atoms. The maximum atomic E-state index is 0. The molecule has 6 heavy (non-hydrogen) atoms. The molecule has 0 spiro atoms. The number of hydrogen-bond acceptors (Lipinski definition) is 0. The minimum absolute atomic E-state index is 0. The quantitative estimate of drug-likeness (QED) is 0.358. The normalized spacial score (nSPS) is 0. The van der Waals surface area contributed by atoms with Crippen molar-refractivity contribution in [3.63, 3.8) is 0 Å². The van der Waals surface area contributed by atoms with Gasteiger partial charge in [-0.1, -0.05) is 0 Å². The fourth-order valence-corrected chi connectivity index (χ4v) is 0. The molecule has 0 unspecified atom stereocenters. The van der Waals surface area contributed by atoms with Crippen LogP contribution in [0.5, 0.6) is 0 Å². The molecule has 0 saturated carbocycles. The molecule has 0 saturated heterocycles. The molecule has 0 rings (SSSR count). The van der Waals surface area contributed by atoms with Gasteiger partial charge in [-0.15, -0.1) is 0 Å². The first kappa shape index (κ1) is 71.3. The van der Waals surface area contributed by atoms with Crippen LogP contribution in [0.15, 0.2) is 0 Å². The summed E-state index contributed by atoms with van der Waals surface area (Å²) in [6, 6.07) is 0. The van der Waals surface area contributed by atoms with Gasteiger partial charge in [0.25, 0.3) is 0 Å². The zero-order valence-electron chi connectivity index (χ0n) is 3.72. The molecule has 0 amide bonds. The van der Waals surface area contributed by atoms with Crippen LogP contribution in [-0.2, 0) is 16.4 Å². The Morgan fingerprint density at radius 1 is 0.500 bits per heavy atom. The smallest absolute Gasteiger partial charge is 2.00 e. The molecule has 0 aliphatic carbocycles. The van der Waals surface area contributed by atoms with E-state index in [2.05, 4.69) is 0 Å². The van der Waals surface area contributed by atoms with E-state index in [1.807, 2.05) is 0 Å². The molecule has 6 heteroatoms. The summed E-state index contributed by atoms with van der Waals surface area (Å²) < 4.78 is 0. The summed E-state index contributed by atoms with van der Waals surface area (Å²) in [6.07, 6.45) is 0. The zero-order chi connectivity index (χ0) is 0. The number of rotatable bonds is 0. The van der Waals surface area contributed by atoms with Gasteiger partial charge in [0.1, 0.15) is 0 Å². The van der Waals surface area contributed by atoms with E-state index in [-0.39, 0.29) is 99.5 Å². The standard InChI is InChI=1S/2Na.3O.Sn/q2*+1;3*-2;+4. The van der Waals surface area contributed by atoms with E-state index in [0.29, 0.717) is 0 Å². The molecule has 0 fully saturated rings. The van der Waals surface area contributed by atoms with Crippen molar-refractivity contribution in [1.29, 1.82) is 0 Å². The van der Waals surface area contributed by atoms with Crippen LogP contribution >= 0.6 is 0 Å². The first-order valence-electron chi connectivity index (χ1n) is 0. The van der Waals surface area contributed by atoms with Gasteiger partial charge in [0.05, 0.1) is 0 Å². The Morgan fingerprint density at radius 2 is 0.500 bits per heavy atom. The third kappa shape index (κ3) is 30.0. The summed E-state index contributed by atoms with van der Waals surface area (Å²) in [5.74, 6) is 0. The summed E-state index contributed by atoms with van der Waals surface area (Å²) in [6.45, 7) is 0. The molecular formula is Na2O3Sn. The van der Waals surface area contributed by atoms with Crippen molar-refractivity contribution in [2.24, 2.45) is 0 Å². The van der Waals surface area contributed by atoms with Crippen molar-refractivity contribution in [3.05, 3.63) is 0 Å². The van der Waals surface area contributed by atoms with Crippen molar-refractivity contribution < 1.29 is 75.5 Å². The first-order chi connectivity index (χ1) is 0. The Morgan fingerprint density at radius 3 is 0.500 bits per heavy atom. The first-order valence-corrected chi connectivity index (χ1v) is 0. The van der Waals surface area contributed by atoms with Crippen LogP contribution in [0.2, 0.25) is 0 Å². The summed E-state index contributed by atoms with van der Waals surface area (Å²) in [4.78, 5) is 0. The molecule has 0 aliphatic rings. The maximum absolute atomic E-state index is 0. The molecule has 0 aliphatic heterocycles. The van der Waals surface area contributed by atoms with E-state index in [0.717, 1.165) is 0 Å². The SMILES string of the molecule is [Na+].[Na+].[O-2].[O-2].[O-2].[Sn+4]. The second-order valence-corrected chi connectivity index (χ2v) is 0. The van der Waals surface area contributed by atoms with Gasteiger partial charge in [-0.2, -0.15) is 0 Å². The van der Waals surface area contributed by atoms with Crippen LogP contribution in [-0.4, -0.2) is 23.9 Å². The number of hydrogen-bond donors (Lipinski definition) is 0. The van der Waals surface area contributed by atoms with E-state index < -0.39 is 0 Å². The molecular weight excluding hydrogens is 213 g/mol. The predicted octanol–water partition coefficient (Wildman–Crippen LogP) is -6.73. The molecule has 0 radical (unpaired) electrons. The minimum atomic E-state index is 0. The van der Waals surface area contributed by atoms with Crippen LogP contribution in [0.4, 0.5) is 0 Å². The Bertz CT molecular complexity index is 8.75. The molecule has 0 atom stereocenters. The Hall–Kier alpha value is 2.68. The van der Waals surface area contributed by atoms with E-state index >= 15 is 0 Å². The predicted molar refractivity (Wildman–Crippen MR) is 7.81 cm³/mol. The van der Waals surface area contributed by atoms with Gasteiger partial charge < -0.3 is 16.4 Å². The largest absolute Gasteiger partial charge is 4.00 e. The fourth-order valence-electron chi connectivity index (χ4n) is 0. The third-order valence-electron chi connectivity index (χ3n) is 0. The van der Waals surface area contributed by atoms with Gasteiger partial charge in [-0.3, -0.25) is 0 Å². The van der Waals surface area contributed by atoms with Gasteiger partial charge in [0, 0.05) is 0 Å². The van der Waals surface area contributed by atoms with Crippen LogP contribution in [0.3, 0.4) is 0 Å². The molecule has 0 aromatic heterocycles. The summed E-state index contributed by atoms with van der Waals surface area (Å²) >= 11 is 0. The van der Waals surface area contributed by atoms with Crippen LogP contribution in [0.1, 0.15) is 0 Å². The van der Waals surface area contributed by atoms with E-state index in [4.69, 9.17) is 0 Å². The Kier molecular flexibility index (Phi) is 567. The monoisotopic (exact) mass is 214 g/mol. The van der Waals surface area contributed by atoms with E-state index in [1.165, 1.54) is 0 Å². The van der Waals surface area contributed by atoms with Crippen molar-refractivity contribution >= 4 is 23.9 Å². The van der Waals surface area contributed by atoms with Gasteiger partial charge in [0.2, 0.25) is 0 Å². The van der Waals surface area contributed by atoms with E-state index in [1.54, 1.807) is 0 Å². The van der Waals surface area contributed by atoms with Gasteiger partial charge >= 0.3 is 83.0 Å². The molecule has 0 aromatic rings. The van der Waals surface area contributed by atoms with Gasteiger partial charge in [0.15, 0.2) is 0 Å². The summed E-state index contributed by atoms with van der Waals surface area (Å²) in [5, 5.41) is 0. The van der Waals surface area contributed by atoms with E-state index in [9.17, 15) is 0 Å². The Balaban J connectivity index is 0. The average Bonchev–Trinajstić information content (AvgIpc) is 0. The zero-order valence-corrected chi connectivity index (χ0v) is 10.6. The summed E-state index contributed by atoms with van der Waals surface area (Å²) in [7, 11) is 0. The van der Waals surface area contributed by atoms with Crippen LogP contribution < -0.4 is 59.1 Å². The second kappa shape index (κ2) is 47.7. The molecule has 0 aromatic carbocycles. The van der Waals surface area contributed by atoms with Crippen molar-refractivity contribution in [1.82, 2.24) is 0 Å². The summed E-state index contributed by atoms with van der Waals surface area (Å²) in [5.41, 5.74) is 0. The topological polar surface area (TPSA) is 85.5 Å². The third-order valence-corrected chi connectivity index (χ3v) is 0. The fraction of sp³-hybridized carbons (Fsp3) is 0. The minimum Gasteiger partial charge on any atom is -2.00 e. The van der Waals surface area contributed by atoms with Crippen molar-refractivity contribution in [2.45, 2.75) is 0 Å². The molecule has 0 heterocycles. The van der Waals surface area contributed by atoms with Crippen molar-refractivity contribution in [2.75, 3.05) is 0 Å².